The highest BCUT2D eigenvalue weighted by Crippen LogP contribution is 2.17. The van der Waals surface area contributed by atoms with Crippen molar-refractivity contribution in [1.82, 2.24) is 5.32 Å². The molecule has 6 nitrogen and oxygen atoms in total. The van der Waals surface area contributed by atoms with Crippen LogP contribution < -0.4 is 5.32 Å². The fourth-order valence-electron chi connectivity index (χ4n) is 6.25. The van der Waals surface area contributed by atoms with Crippen LogP contribution in [0.1, 0.15) is 188 Å². The van der Waals surface area contributed by atoms with E-state index in [1.165, 1.54) is 38.5 Å². The lowest BCUT2D eigenvalue weighted by atomic mass is 10.0. The van der Waals surface area contributed by atoms with E-state index in [4.69, 9.17) is 4.74 Å². The van der Waals surface area contributed by atoms with Crippen LogP contribution in [0, 0.1) is 0 Å². The zero-order chi connectivity index (χ0) is 40.3. The Morgan fingerprint density at radius 3 is 1.69 bits per heavy atom. The molecule has 6 heteroatoms. The molecule has 3 N–H and O–H groups in total. The molecule has 0 aliphatic carbocycles. The van der Waals surface area contributed by atoms with Crippen molar-refractivity contribution < 1.29 is 24.5 Å². The van der Waals surface area contributed by atoms with Crippen LogP contribution >= 0.6 is 0 Å². The number of allylic oxidation sites excluding steroid dienone is 14. The summed E-state index contributed by atoms with van der Waals surface area (Å²) >= 11 is 0. The lowest BCUT2D eigenvalue weighted by Crippen LogP contribution is -2.46. The lowest BCUT2D eigenvalue weighted by molar-refractivity contribution is -0.151. The van der Waals surface area contributed by atoms with Crippen LogP contribution in [-0.2, 0) is 14.3 Å². The van der Waals surface area contributed by atoms with Gasteiger partial charge in [0.2, 0.25) is 5.91 Å². The Hall–Kier alpha value is -2.96. The number of hydrogen-bond acceptors (Lipinski definition) is 5. The standard InChI is InChI=1S/C49H83NO5/c1-4-7-10-13-16-19-21-23-24-25-27-30-33-36-39-42-49(54)55-45(40-37-34-31-29-26-22-20-17-14-11-8-5-2)43-48(53)50-46(44-51)47(52)41-38-35-32-28-18-15-12-9-6-3/h7-8,10-11,13,16-17,19-21,23-25,27,45-47,51-52H,4-6,9,12,14-15,18,22,26,28-44H2,1-3H3,(H,50,53)/b10-7+,11-8+,16-13+,20-17+,21-19-,24-23-,27-25+. The van der Waals surface area contributed by atoms with Crippen LogP contribution in [-0.4, -0.2) is 46.9 Å². The number of amides is 1. The Kier molecular flexibility index (Phi) is 39.9. The topological polar surface area (TPSA) is 95.9 Å². The summed E-state index contributed by atoms with van der Waals surface area (Å²) in [5.41, 5.74) is 0. The third kappa shape index (κ3) is 37.7. The van der Waals surface area contributed by atoms with E-state index in [0.717, 1.165) is 103 Å². The molecule has 0 saturated heterocycles. The van der Waals surface area contributed by atoms with Gasteiger partial charge in [-0.1, -0.05) is 189 Å². The van der Waals surface area contributed by atoms with Crippen LogP contribution in [0.2, 0.25) is 0 Å². The van der Waals surface area contributed by atoms with E-state index in [1.807, 2.05) is 42.5 Å². The first-order valence-electron chi connectivity index (χ1n) is 22.4. The van der Waals surface area contributed by atoms with Crippen LogP contribution in [0.25, 0.3) is 0 Å². The first kappa shape index (κ1) is 52.0. The number of hydrogen-bond donors (Lipinski definition) is 3. The van der Waals surface area contributed by atoms with Crippen LogP contribution in [0.4, 0.5) is 0 Å². The van der Waals surface area contributed by atoms with Crippen molar-refractivity contribution >= 4 is 11.9 Å². The normalized spacial score (nSPS) is 14.2. The van der Waals surface area contributed by atoms with Gasteiger partial charge in [0.1, 0.15) is 6.10 Å². The third-order valence-electron chi connectivity index (χ3n) is 9.60. The SMILES string of the molecule is CC/C=C/C=C/C=C\C=C/C=C/CCCCCC(=O)OC(CCCCCCC/C=C/C/C=C/CC)CC(=O)NC(CO)C(O)CCCCCCCCCCC. The minimum Gasteiger partial charge on any atom is -0.462 e. The monoisotopic (exact) mass is 766 g/mol. The van der Waals surface area contributed by atoms with Crippen molar-refractivity contribution in [3.63, 3.8) is 0 Å². The first-order valence-corrected chi connectivity index (χ1v) is 22.4. The molecule has 0 aliphatic rings. The highest BCUT2D eigenvalue weighted by atomic mass is 16.5. The van der Waals surface area contributed by atoms with Gasteiger partial charge < -0.3 is 20.3 Å². The summed E-state index contributed by atoms with van der Waals surface area (Å²) in [5, 5.41) is 23.6. The van der Waals surface area contributed by atoms with Gasteiger partial charge in [-0.2, -0.15) is 0 Å². The number of unbranched alkanes of at least 4 members (excludes halogenated alkanes) is 16. The molecule has 0 aromatic heterocycles. The van der Waals surface area contributed by atoms with Crippen molar-refractivity contribution in [1.29, 1.82) is 0 Å². The molecule has 55 heavy (non-hydrogen) atoms. The first-order chi connectivity index (χ1) is 27.0. The molecule has 0 radical (unpaired) electrons. The van der Waals surface area contributed by atoms with Gasteiger partial charge in [0, 0.05) is 6.42 Å². The Balaban J connectivity index is 4.73. The molecule has 0 rings (SSSR count). The second kappa shape index (κ2) is 42.2. The molecular formula is C49H83NO5. The quantitative estimate of drug-likeness (QED) is 0.0252. The van der Waals surface area contributed by atoms with Crippen molar-refractivity contribution in [2.75, 3.05) is 6.61 Å². The van der Waals surface area contributed by atoms with E-state index in [1.54, 1.807) is 0 Å². The molecule has 314 valence electrons. The maximum atomic E-state index is 13.1. The predicted molar refractivity (Wildman–Crippen MR) is 236 cm³/mol. The van der Waals surface area contributed by atoms with Crippen LogP contribution in [0.15, 0.2) is 85.1 Å². The molecule has 0 bridgehead atoms. The minimum absolute atomic E-state index is 0.0456. The van der Waals surface area contributed by atoms with E-state index in [2.05, 4.69) is 68.6 Å². The Morgan fingerprint density at radius 2 is 1.07 bits per heavy atom. The summed E-state index contributed by atoms with van der Waals surface area (Å²) in [6.07, 6.45) is 53.5. The molecule has 3 unspecified atom stereocenters. The molecule has 0 fully saturated rings. The van der Waals surface area contributed by atoms with Gasteiger partial charge in [-0.25, -0.2) is 0 Å². The highest BCUT2D eigenvalue weighted by molar-refractivity contribution is 5.77. The Labute approximate surface area is 338 Å². The summed E-state index contributed by atoms with van der Waals surface area (Å²) < 4.78 is 5.87. The zero-order valence-corrected chi connectivity index (χ0v) is 35.5. The number of aliphatic hydroxyl groups is 2. The largest absolute Gasteiger partial charge is 0.462 e. The Bertz CT molecular complexity index is 1080. The summed E-state index contributed by atoms with van der Waals surface area (Å²) in [6.45, 7) is 6.17. The fourth-order valence-corrected chi connectivity index (χ4v) is 6.25. The van der Waals surface area contributed by atoms with Crippen molar-refractivity contribution in [3.05, 3.63) is 85.1 Å². The maximum absolute atomic E-state index is 13.1. The van der Waals surface area contributed by atoms with Gasteiger partial charge in [0.25, 0.3) is 0 Å². The lowest BCUT2D eigenvalue weighted by Gasteiger charge is -2.24. The number of aliphatic hydroxyl groups excluding tert-OH is 2. The maximum Gasteiger partial charge on any atom is 0.306 e. The smallest absolute Gasteiger partial charge is 0.306 e. The average Bonchev–Trinajstić information content (AvgIpc) is 3.18. The molecule has 0 aliphatic heterocycles. The van der Waals surface area contributed by atoms with Gasteiger partial charge in [-0.05, 0) is 70.6 Å². The second-order valence-electron chi connectivity index (χ2n) is 14.8. The van der Waals surface area contributed by atoms with Crippen molar-refractivity contribution in [2.24, 2.45) is 0 Å². The molecule has 0 saturated carbocycles. The van der Waals surface area contributed by atoms with Gasteiger partial charge >= 0.3 is 5.97 Å². The average molecular weight is 766 g/mol. The molecule has 1 amide bonds. The molecule has 0 spiro atoms. The predicted octanol–water partition coefficient (Wildman–Crippen LogP) is 12.8. The fraction of sp³-hybridized carbons (Fsp3) is 0.673. The van der Waals surface area contributed by atoms with E-state index in [0.29, 0.717) is 19.3 Å². The summed E-state index contributed by atoms with van der Waals surface area (Å²) in [4.78, 5) is 26.0. The van der Waals surface area contributed by atoms with Crippen LogP contribution in [0.3, 0.4) is 0 Å². The van der Waals surface area contributed by atoms with Gasteiger partial charge in [-0.15, -0.1) is 0 Å². The third-order valence-corrected chi connectivity index (χ3v) is 9.60. The molecule has 0 aromatic carbocycles. The van der Waals surface area contributed by atoms with Crippen LogP contribution in [0.5, 0.6) is 0 Å². The van der Waals surface area contributed by atoms with E-state index in [9.17, 15) is 19.8 Å². The van der Waals surface area contributed by atoms with Crippen molar-refractivity contribution in [3.8, 4) is 0 Å². The molecular weight excluding hydrogens is 683 g/mol. The van der Waals surface area contributed by atoms with Gasteiger partial charge in [0.05, 0.1) is 25.2 Å². The number of nitrogens with one attached hydrogen (secondary N) is 1. The molecule has 0 heterocycles. The van der Waals surface area contributed by atoms with Gasteiger partial charge in [-0.3, -0.25) is 9.59 Å². The second-order valence-corrected chi connectivity index (χ2v) is 14.8. The number of carbonyl (C=O) groups is 2. The molecule has 0 aromatic rings. The molecule has 3 atom stereocenters. The number of esters is 1. The number of carbonyl (C=O) groups excluding carboxylic acids is 2. The minimum atomic E-state index is -0.801. The zero-order valence-electron chi connectivity index (χ0n) is 35.5. The number of ether oxygens (including phenoxy) is 1. The highest BCUT2D eigenvalue weighted by Gasteiger charge is 2.24. The van der Waals surface area contributed by atoms with E-state index >= 15 is 0 Å². The van der Waals surface area contributed by atoms with Gasteiger partial charge in [0.15, 0.2) is 0 Å². The van der Waals surface area contributed by atoms with E-state index < -0.39 is 18.2 Å². The number of rotatable bonds is 38. The Morgan fingerprint density at radius 1 is 0.564 bits per heavy atom. The summed E-state index contributed by atoms with van der Waals surface area (Å²) in [5.74, 6) is -0.549. The summed E-state index contributed by atoms with van der Waals surface area (Å²) in [6, 6.07) is -0.717. The van der Waals surface area contributed by atoms with Crippen molar-refractivity contribution in [2.45, 2.75) is 206 Å². The van der Waals surface area contributed by atoms with E-state index in [-0.39, 0.29) is 24.9 Å². The summed E-state index contributed by atoms with van der Waals surface area (Å²) in [7, 11) is 0.